The summed E-state index contributed by atoms with van der Waals surface area (Å²) in [5, 5.41) is 3.59. The molecule has 17 heavy (non-hydrogen) atoms. The zero-order valence-electron chi connectivity index (χ0n) is 12.0. The van der Waals surface area contributed by atoms with Gasteiger partial charge in [0.15, 0.2) is 0 Å². The molecule has 0 saturated carbocycles. The summed E-state index contributed by atoms with van der Waals surface area (Å²) < 4.78 is 0. The Morgan fingerprint density at radius 2 is 1.41 bits per heavy atom. The molecule has 0 bridgehead atoms. The number of benzene rings is 1. The van der Waals surface area contributed by atoms with Crippen LogP contribution in [0.25, 0.3) is 5.20 Å². The summed E-state index contributed by atoms with van der Waals surface area (Å²) in [4.78, 5) is 0. The Balaban J connectivity index is 2.65. The average molecular weight is 261 g/mol. The van der Waals surface area contributed by atoms with Crippen molar-refractivity contribution in [2.75, 3.05) is 0 Å². The van der Waals surface area contributed by atoms with Gasteiger partial charge < -0.3 is 0 Å². The average Bonchev–Trinajstić information content (AvgIpc) is 2.54. The molecule has 0 atom stereocenters. The van der Waals surface area contributed by atoms with E-state index < -0.39 is 16.1 Å². The largest absolute Gasteiger partial charge is 0.0778 e. The van der Waals surface area contributed by atoms with Crippen molar-refractivity contribution in [3.63, 3.8) is 0 Å². The summed E-state index contributed by atoms with van der Waals surface area (Å²) in [5.41, 5.74) is 3.14. The first-order chi connectivity index (χ1) is 7.71. The predicted octanol–water partition coefficient (Wildman–Crippen LogP) is 4.75. The summed E-state index contributed by atoms with van der Waals surface area (Å²) in [7, 11) is -2.41. The number of rotatable bonds is 2. The van der Waals surface area contributed by atoms with Gasteiger partial charge in [-0.25, -0.2) is 0 Å². The van der Waals surface area contributed by atoms with Gasteiger partial charge in [0.2, 0.25) is 0 Å². The lowest BCUT2D eigenvalue weighted by atomic mass is 10.1. The van der Waals surface area contributed by atoms with Crippen LogP contribution in [0, 0.1) is 0 Å². The van der Waals surface area contributed by atoms with Gasteiger partial charge in [0.05, 0.1) is 16.1 Å². The fourth-order valence-corrected chi connectivity index (χ4v) is 8.76. The lowest BCUT2D eigenvalue weighted by Gasteiger charge is -2.27. The summed E-state index contributed by atoms with van der Waals surface area (Å²) in [6, 6.07) is 9.05. The van der Waals surface area contributed by atoms with Crippen LogP contribution in [0.5, 0.6) is 0 Å². The van der Waals surface area contributed by atoms with Gasteiger partial charge in [-0.2, -0.15) is 0 Å². The van der Waals surface area contributed by atoms with E-state index in [4.69, 9.17) is 0 Å². The molecule has 0 aromatic heterocycles. The smallest absolute Gasteiger partial charge is 0.0769 e. The normalized spacial score (nSPS) is 16.4. The van der Waals surface area contributed by atoms with Crippen LogP contribution in [0.1, 0.15) is 11.1 Å². The van der Waals surface area contributed by atoms with Gasteiger partial charge in [0, 0.05) is 0 Å². The second-order valence-electron chi connectivity index (χ2n) is 7.19. The summed E-state index contributed by atoms with van der Waals surface area (Å²) in [5.74, 6) is 0. The third-order valence-electron chi connectivity index (χ3n) is 3.61. The molecule has 2 heteroatoms. The van der Waals surface area contributed by atoms with Crippen molar-refractivity contribution in [3.05, 3.63) is 40.6 Å². The Morgan fingerprint density at radius 3 is 1.94 bits per heavy atom. The van der Waals surface area contributed by atoms with Crippen molar-refractivity contribution >= 4 is 21.3 Å². The Morgan fingerprint density at radius 1 is 0.824 bits per heavy atom. The topological polar surface area (TPSA) is 0 Å². The van der Waals surface area contributed by atoms with Crippen LogP contribution in [0.15, 0.2) is 29.5 Å². The molecular weight excluding hydrogens is 236 g/mol. The molecule has 0 aliphatic heterocycles. The SMILES string of the molecule is C[Si](C)(C)C1=C([Si](C)(C)C)c2ccccc2C1. The highest BCUT2D eigenvalue weighted by atomic mass is 28.3. The van der Waals surface area contributed by atoms with E-state index in [2.05, 4.69) is 63.5 Å². The lowest BCUT2D eigenvalue weighted by molar-refractivity contribution is 1.26. The number of fused-ring (bicyclic) bond motifs is 1. The highest BCUT2D eigenvalue weighted by Gasteiger charge is 2.35. The van der Waals surface area contributed by atoms with Crippen molar-refractivity contribution in [1.29, 1.82) is 0 Å². The molecule has 0 nitrogen and oxygen atoms in total. The van der Waals surface area contributed by atoms with E-state index in [9.17, 15) is 0 Å². The molecule has 1 aliphatic carbocycles. The first-order valence-electron chi connectivity index (χ1n) is 6.53. The summed E-state index contributed by atoms with van der Waals surface area (Å²) >= 11 is 0. The van der Waals surface area contributed by atoms with Gasteiger partial charge in [0.25, 0.3) is 0 Å². The van der Waals surface area contributed by atoms with Crippen molar-refractivity contribution in [1.82, 2.24) is 0 Å². The van der Waals surface area contributed by atoms with Gasteiger partial charge in [-0.05, 0) is 17.5 Å². The maximum absolute atomic E-state index is 2.49. The van der Waals surface area contributed by atoms with Gasteiger partial charge in [-0.15, -0.1) is 0 Å². The van der Waals surface area contributed by atoms with E-state index in [1.54, 1.807) is 16.3 Å². The van der Waals surface area contributed by atoms with Gasteiger partial charge in [0.1, 0.15) is 0 Å². The number of hydrogen-bond donors (Lipinski definition) is 0. The van der Waals surface area contributed by atoms with Crippen LogP contribution in [-0.2, 0) is 6.42 Å². The van der Waals surface area contributed by atoms with Gasteiger partial charge in [-0.1, -0.05) is 73.9 Å². The van der Waals surface area contributed by atoms with Crippen molar-refractivity contribution in [3.8, 4) is 0 Å². The minimum absolute atomic E-state index is 1.18. The summed E-state index contributed by atoms with van der Waals surface area (Å²) in [6.07, 6.45) is 1.23. The molecule has 0 fully saturated rings. The first-order valence-corrected chi connectivity index (χ1v) is 13.5. The Labute approximate surface area is 108 Å². The molecule has 1 aromatic rings. The predicted molar refractivity (Wildman–Crippen MR) is 83.8 cm³/mol. The zero-order valence-corrected chi connectivity index (χ0v) is 14.0. The first kappa shape index (κ1) is 12.8. The second-order valence-corrected chi connectivity index (χ2v) is 17.3. The molecule has 0 heterocycles. The summed E-state index contributed by atoms with van der Waals surface area (Å²) in [6.45, 7) is 15.0. The van der Waals surface area contributed by atoms with Crippen molar-refractivity contribution in [2.45, 2.75) is 45.7 Å². The highest BCUT2D eigenvalue weighted by Crippen LogP contribution is 2.42. The second kappa shape index (κ2) is 3.96. The number of hydrogen-bond acceptors (Lipinski definition) is 0. The van der Waals surface area contributed by atoms with Crippen molar-refractivity contribution in [2.24, 2.45) is 0 Å². The van der Waals surface area contributed by atoms with Crippen LogP contribution in [0.2, 0.25) is 39.3 Å². The Hall–Kier alpha value is -0.606. The minimum Gasteiger partial charge on any atom is -0.0769 e. The van der Waals surface area contributed by atoms with Gasteiger partial charge >= 0.3 is 0 Å². The molecule has 2 rings (SSSR count). The van der Waals surface area contributed by atoms with Crippen molar-refractivity contribution < 1.29 is 0 Å². The monoisotopic (exact) mass is 260 g/mol. The Kier molecular flexibility index (Phi) is 2.99. The third-order valence-corrected chi connectivity index (χ3v) is 8.17. The fourth-order valence-electron chi connectivity index (χ4n) is 2.86. The maximum atomic E-state index is 2.49. The van der Waals surface area contributed by atoms with Crippen LogP contribution >= 0.6 is 0 Å². The zero-order chi connectivity index (χ0) is 12.8. The third kappa shape index (κ3) is 2.33. The lowest BCUT2D eigenvalue weighted by Crippen LogP contribution is -2.31. The molecule has 0 unspecified atom stereocenters. The van der Waals surface area contributed by atoms with Crippen LogP contribution in [0.4, 0.5) is 0 Å². The van der Waals surface area contributed by atoms with E-state index >= 15 is 0 Å². The van der Waals surface area contributed by atoms with E-state index in [1.165, 1.54) is 6.42 Å². The maximum Gasteiger partial charge on any atom is 0.0778 e. The standard InChI is InChI=1S/C15H24Si2/c1-16(2,3)14-11-12-9-7-8-10-13(12)15(14)17(4,5)6/h7-10H,11H2,1-6H3. The number of allylic oxidation sites excluding steroid dienone is 1. The molecule has 0 saturated heterocycles. The molecular formula is C15H24Si2. The van der Waals surface area contributed by atoms with E-state index in [0.29, 0.717) is 0 Å². The van der Waals surface area contributed by atoms with E-state index in [-0.39, 0.29) is 0 Å². The quantitative estimate of drug-likeness (QED) is 0.673. The van der Waals surface area contributed by atoms with Gasteiger partial charge in [-0.3, -0.25) is 0 Å². The van der Waals surface area contributed by atoms with Crippen LogP contribution in [-0.4, -0.2) is 16.1 Å². The fraction of sp³-hybridized carbons (Fsp3) is 0.467. The molecule has 0 amide bonds. The minimum atomic E-state index is -1.23. The molecule has 0 spiro atoms. The van der Waals surface area contributed by atoms with E-state index in [0.717, 1.165) is 0 Å². The van der Waals surface area contributed by atoms with Crippen LogP contribution in [0.3, 0.4) is 0 Å². The molecule has 1 aromatic carbocycles. The molecule has 0 radical (unpaired) electrons. The molecule has 1 aliphatic rings. The highest BCUT2D eigenvalue weighted by molar-refractivity contribution is 6.98. The molecule has 92 valence electrons. The molecule has 0 N–H and O–H groups in total. The van der Waals surface area contributed by atoms with Crippen LogP contribution < -0.4 is 0 Å². The van der Waals surface area contributed by atoms with E-state index in [1.807, 2.05) is 5.20 Å². The Bertz CT molecular complexity index is 470.